The lowest BCUT2D eigenvalue weighted by Gasteiger charge is -2.05. The van der Waals surface area contributed by atoms with Crippen LogP contribution in [0.5, 0.6) is 0 Å². The van der Waals surface area contributed by atoms with Gasteiger partial charge in [0.25, 0.3) is 0 Å². The fourth-order valence-corrected chi connectivity index (χ4v) is 4.44. The highest BCUT2D eigenvalue weighted by Gasteiger charge is 1.96. The molecule has 0 aromatic carbocycles. The first-order valence-corrected chi connectivity index (χ1v) is 14.8. The first-order valence-electron chi connectivity index (χ1n) is 14.8. The lowest BCUT2D eigenvalue weighted by molar-refractivity contribution is 0.183. The average molecular weight is 438 g/mol. The van der Waals surface area contributed by atoms with Crippen molar-refractivity contribution in [1.82, 2.24) is 0 Å². The molecule has 0 saturated carbocycles. The van der Waals surface area contributed by atoms with Crippen molar-refractivity contribution >= 4 is 0 Å². The summed E-state index contributed by atoms with van der Waals surface area (Å²) in [5, 5.41) is 0. The van der Waals surface area contributed by atoms with E-state index in [-0.39, 0.29) is 0 Å². The summed E-state index contributed by atoms with van der Waals surface area (Å²) in [7, 11) is 0. The van der Waals surface area contributed by atoms with Crippen LogP contribution in [0.3, 0.4) is 0 Å². The van der Waals surface area contributed by atoms with E-state index in [1.165, 1.54) is 161 Å². The molecule has 0 aromatic heterocycles. The van der Waals surface area contributed by atoms with Gasteiger partial charge in [-0.1, -0.05) is 168 Å². The van der Waals surface area contributed by atoms with Gasteiger partial charge in [-0.3, -0.25) is 0 Å². The first kappa shape index (κ1) is 31.0. The minimum atomic E-state index is 0.940. The largest absolute Gasteiger partial charge is 0.376 e. The molecule has 1 nitrogen and oxygen atoms in total. The molecule has 0 spiro atoms. The lowest BCUT2D eigenvalue weighted by Crippen LogP contribution is -1.92. The van der Waals surface area contributed by atoms with Gasteiger partial charge >= 0.3 is 0 Å². The van der Waals surface area contributed by atoms with Crippen molar-refractivity contribution in [3.63, 3.8) is 0 Å². The van der Waals surface area contributed by atoms with Crippen molar-refractivity contribution in [2.24, 2.45) is 0 Å². The van der Waals surface area contributed by atoms with Crippen molar-refractivity contribution < 1.29 is 4.74 Å². The molecule has 0 fully saturated rings. The molecule has 0 rings (SSSR count). The normalized spacial score (nSPS) is 11.4. The van der Waals surface area contributed by atoms with E-state index in [0.29, 0.717) is 0 Å². The summed E-state index contributed by atoms with van der Waals surface area (Å²) in [4.78, 5) is 0. The first-order chi connectivity index (χ1) is 15.4. The summed E-state index contributed by atoms with van der Waals surface area (Å²) in [5.74, 6) is 0. The van der Waals surface area contributed by atoms with Gasteiger partial charge in [0, 0.05) is 6.61 Å². The fraction of sp³-hybridized carbons (Fsp3) is 0.967. The maximum absolute atomic E-state index is 5.71. The van der Waals surface area contributed by atoms with Crippen LogP contribution in [-0.2, 0) is 4.74 Å². The van der Waals surface area contributed by atoms with E-state index >= 15 is 0 Å². The minimum Gasteiger partial charge on any atom is -0.376 e. The summed E-state index contributed by atoms with van der Waals surface area (Å²) in [5.41, 5.74) is 0. The van der Waals surface area contributed by atoms with Crippen LogP contribution < -0.4 is 0 Å². The van der Waals surface area contributed by atoms with Crippen LogP contribution in [0.1, 0.15) is 181 Å². The Morgan fingerprint density at radius 2 is 0.645 bits per heavy atom. The molecular formula is C30H61O. The van der Waals surface area contributed by atoms with Crippen LogP contribution >= 0.6 is 0 Å². The van der Waals surface area contributed by atoms with Crippen LogP contribution in [-0.4, -0.2) is 6.61 Å². The third kappa shape index (κ3) is 30.0. The monoisotopic (exact) mass is 437 g/mol. The van der Waals surface area contributed by atoms with Crippen LogP contribution in [0.25, 0.3) is 0 Å². The molecule has 31 heavy (non-hydrogen) atoms. The van der Waals surface area contributed by atoms with Gasteiger partial charge in [-0.25, -0.2) is 0 Å². The topological polar surface area (TPSA) is 9.23 Å². The zero-order valence-corrected chi connectivity index (χ0v) is 22.1. The molecule has 0 heterocycles. The Bertz CT molecular complexity index is 260. The standard InChI is InChI=1S/C30H61O/c1-3-5-7-9-11-13-15-17-18-20-22-24-26-28-30-31-29-27-25-23-21-19-16-14-12-10-8-6-4-2/h30H,3-29H2,1-2H3. The molecule has 1 heteroatoms. The molecule has 0 N–H and O–H groups in total. The Hall–Kier alpha value is -0.0400. The van der Waals surface area contributed by atoms with Crippen molar-refractivity contribution in [2.75, 3.05) is 6.61 Å². The second kappa shape index (κ2) is 30.0. The Labute approximate surface area is 198 Å². The van der Waals surface area contributed by atoms with Gasteiger partial charge in [-0.15, -0.1) is 0 Å². The van der Waals surface area contributed by atoms with Gasteiger partial charge in [0.15, 0.2) is 0 Å². The number of hydrogen-bond acceptors (Lipinski definition) is 1. The maximum atomic E-state index is 5.71. The second-order valence-electron chi connectivity index (χ2n) is 9.96. The Kier molecular flexibility index (Phi) is 29.9. The number of ether oxygens (including phenoxy) is 1. The van der Waals surface area contributed by atoms with E-state index < -0.39 is 0 Å². The smallest absolute Gasteiger partial charge is 0.0836 e. The predicted octanol–water partition coefficient (Wildman–Crippen LogP) is 11.3. The highest BCUT2D eigenvalue weighted by molar-refractivity contribution is 4.54. The fourth-order valence-electron chi connectivity index (χ4n) is 4.44. The van der Waals surface area contributed by atoms with E-state index in [1.807, 2.05) is 0 Å². The zero-order chi connectivity index (χ0) is 22.5. The van der Waals surface area contributed by atoms with Crippen molar-refractivity contribution in [1.29, 1.82) is 0 Å². The molecule has 0 aromatic rings. The Morgan fingerprint density at radius 3 is 1.00 bits per heavy atom. The Morgan fingerprint density at radius 1 is 0.355 bits per heavy atom. The summed E-state index contributed by atoms with van der Waals surface area (Å²) in [6, 6.07) is 0. The van der Waals surface area contributed by atoms with Crippen molar-refractivity contribution in [3.8, 4) is 0 Å². The molecule has 0 saturated heterocycles. The summed E-state index contributed by atoms with van der Waals surface area (Å²) in [6.07, 6.45) is 36.7. The molecule has 0 aliphatic carbocycles. The van der Waals surface area contributed by atoms with E-state index in [2.05, 4.69) is 20.5 Å². The SMILES string of the molecule is CCCCCCCCCCCCCCC[CH]OCCCCCCCCCCCCCC. The van der Waals surface area contributed by atoms with E-state index in [0.717, 1.165) is 13.0 Å². The van der Waals surface area contributed by atoms with Crippen LogP contribution in [0.4, 0.5) is 0 Å². The highest BCUT2D eigenvalue weighted by Crippen LogP contribution is 2.14. The maximum Gasteiger partial charge on any atom is 0.0836 e. The molecular weight excluding hydrogens is 376 g/mol. The highest BCUT2D eigenvalue weighted by atomic mass is 16.5. The van der Waals surface area contributed by atoms with Gasteiger partial charge in [-0.2, -0.15) is 0 Å². The van der Waals surface area contributed by atoms with Gasteiger partial charge in [0.2, 0.25) is 0 Å². The summed E-state index contributed by atoms with van der Waals surface area (Å²) >= 11 is 0. The van der Waals surface area contributed by atoms with Gasteiger partial charge in [0.1, 0.15) is 0 Å². The second-order valence-corrected chi connectivity index (χ2v) is 9.96. The number of hydrogen-bond donors (Lipinski definition) is 0. The molecule has 0 bridgehead atoms. The molecule has 0 unspecified atom stereocenters. The van der Waals surface area contributed by atoms with Gasteiger partial charge in [0.05, 0.1) is 6.61 Å². The van der Waals surface area contributed by atoms with E-state index in [1.54, 1.807) is 0 Å². The predicted molar refractivity (Wildman–Crippen MR) is 142 cm³/mol. The van der Waals surface area contributed by atoms with Crippen LogP contribution in [0.15, 0.2) is 0 Å². The molecule has 0 aliphatic rings. The molecule has 187 valence electrons. The van der Waals surface area contributed by atoms with Crippen LogP contribution in [0.2, 0.25) is 0 Å². The van der Waals surface area contributed by atoms with Crippen molar-refractivity contribution in [3.05, 3.63) is 6.61 Å². The molecule has 1 radical (unpaired) electrons. The summed E-state index contributed by atoms with van der Waals surface area (Å²) < 4.78 is 5.71. The quantitative estimate of drug-likeness (QED) is 0.111. The van der Waals surface area contributed by atoms with E-state index in [9.17, 15) is 0 Å². The number of rotatable bonds is 28. The van der Waals surface area contributed by atoms with Gasteiger partial charge < -0.3 is 4.74 Å². The molecule has 0 aliphatic heterocycles. The third-order valence-electron chi connectivity index (χ3n) is 6.66. The van der Waals surface area contributed by atoms with Gasteiger partial charge in [-0.05, 0) is 12.8 Å². The lowest BCUT2D eigenvalue weighted by atomic mass is 10.0. The third-order valence-corrected chi connectivity index (χ3v) is 6.66. The average Bonchev–Trinajstić information content (AvgIpc) is 2.78. The number of unbranched alkanes of at least 4 members (excludes halogenated alkanes) is 24. The van der Waals surface area contributed by atoms with Crippen LogP contribution in [0, 0.1) is 6.61 Å². The van der Waals surface area contributed by atoms with E-state index in [4.69, 9.17) is 4.74 Å². The minimum absolute atomic E-state index is 0.940. The Balaban J connectivity index is 2.98. The molecule has 0 atom stereocenters. The van der Waals surface area contributed by atoms with Crippen molar-refractivity contribution in [2.45, 2.75) is 181 Å². The molecule has 0 amide bonds. The zero-order valence-electron chi connectivity index (χ0n) is 22.1. The summed E-state index contributed by atoms with van der Waals surface area (Å²) in [6.45, 7) is 7.61.